The van der Waals surface area contributed by atoms with Crippen LogP contribution in [-0.2, 0) is 6.54 Å². The summed E-state index contributed by atoms with van der Waals surface area (Å²) in [6, 6.07) is 3.39. The summed E-state index contributed by atoms with van der Waals surface area (Å²) in [6.45, 7) is 7.66. The van der Waals surface area contributed by atoms with Gasteiger partial charge in [-0.3, -0.25) is 4.68 Å². The molecule has 0 spiro atoms. The van der Waals surface area contributed by atoms with E-state index in [0.29, 0.717) is 12.1 Å². The molecule has 1 aromatic rings. The van der Waals surface area contributed by atoms with Crippen molar-refractivity contribution in [2.75, 3.05) is 0 Å². The number of rotatable bonds is 9. The zero-order valence-electron chi connectivity index (χ0n) is 12.7. The predicted molar refractivity (Wildman–Crippen MR) is 80.1 cm³/mol. The summed E-state index contributed by atoms with van der Waals surface area (Å²) < 4.78 is 2.14. The van der Waals surface area contributed by atoms with Gasteiger partial charge in [0.2, 0.25) is 0 Å². The smallest absolute Gasteiger partial charge is 0.0762 e. The molecule has 1 aliphatic carbocycles. The van der Waals surface area contributed by atoms with Gasteiger partial charge < -0.3 is 5.32 Å². The van der Waals surface area contributed by atoms with Crippen molar-refractivity contribution in [3.8, 4) is 0 Å². The molecule has 1 saturated carbocycles. The molecule has 0 aromatic carbocycles. The second-order valence-corrected chi connectivity index (χ2v) is 5.92. The molecule has 0 saturated heterocycles. The van der Waals surface area contributed by atoms with Crippen molar-refractivity contribution in [3.05, 3.63) is 18.0 Å². The van der Waals surface area contributed by atoms with E-state index in [2.05, 4.69) is 43.0 Å². The predicted octanol–water partition coefficient (Wildman–Crippen LogP) is 3.91. The Labute approximate surface area is 117 Å². The van der Waals surface area contributed by atoms with Gasteiger partial charge in [0.1, 0.15) is 0 Å². The molecule has 1 aliphatic rings. The molecule has 1 unspecified atom stereocenters. The summed E-state index contributed by atoms with van der Waals surface area (Å²) in [4.78, 5) is 0. The van der Waals surface area contributed by atoms with Crippen LogP contribution in [0.15, 0.2) is 12.3 Å². The van der Waals surface area contributed by atoms with E-state index < -0.39 is 0 Å². The lowest BCUT2D eigenvalue weighted by molar-refractivity contribution is 0.415. The Kier molecular flexibility index (Phi) is 5.44. The molecule has 1 aromatic heterocycles. The molecule has 0 radical (unpaired) electrons. The topological polar surface area (TPSA) is 29.9 Å². The third-order valence-corrected chi connectivity index (χ3v) is 4.36. The zero-order valence-corrected chi connectivity index (χ0v) is 12.7. The molecule has 108 valence electrons. The maximum atomic E-state index is 4.71. The van der Waals surface area contributed by atoms with Crippen LogP contribution in [0.25, 0.3) is 0 Å². The quantitative estimate of drug-likeness (QED) is 0.732. The first-order chi connectivity index (χ1) is 9.26. The molecule has 1 atom stereocenters. The SMILES string of the molecule is CCC(CC1CC1)NCc1ccn(C(CC)CC)n1. The van der Waals surface area contributed by atoms with E-state index in [1.807, 2.05) is 0 Å². The fourth-order valence-corrected chi connectivity index (χ4v) is 2.74. The van der Waals surface area contributed by atoms with Gasteiger partial charge in [-0.2, -0.15) is 5.10 Å². The van der Waals surface area contributed by atoms with Crippen molar-refractivity contribution >= 4 is 0 Å². The highest BCUT2D eigenvalue weighted by atomic mass is 15.3. The Bertz CT molecular complexity index is 364. The Morgan fingerprint density at radius 1 is 1.26 bits per heavy atom. The number of hydrogen-bond donors (Lipinski definition) is 1. The zero-order chi connectivity index (χ0) is 13.7. The maximum absolute atomic E-state index is 4.71. The Balaban J connectivity index is 1.81. The molecule has 0 aliphatic heterocycles. The number of nitrogens with zero attached hydrogens (tertiary/aromatic N) is 2. The normalized spacial score (nSPS) is 17.1. The Morgan fingerprint density at radius 3 is 2.58 bits per heavy atom. The first-order valence-electron chi connectivity index (χ1n) is 8.04. The standard InChI is InChI=1S/C16H29N3/c1-4-14(11-13-7-8-13)17-12-15-9-10-19(18-15)16(5-2)6-3/h9-10,13-14,16-17H,4-8,11-12H2,1-3H3. The summed E-state index contributed by atoms with van der Waals surface area (Å²) in [6.07, 6.45) is 9.92. The molecule has 1 fully saturated rings. The van der Waals surface area contributed by atoms with Crippen molar-refractivity contribution in [2.45, 2.75) is 77.9 Å². The highest BCUT2D eigenvalue weighted by Gasteiger charge is 2.24. The number of nitrogens with one attached hydrogen (secondary N) is 1. The van der Waals surface area contributed by atoms with Crippen molar-refractivity contribution < 1.29 is 0 Å². The van der Waals surface area contributed by atoms with Crippen LogP contribution in [0.3, 0.4) is 0 Å². The molecular formula is C16H29N3. The van der Waals surface area contributed by atoms with Crippen LogP contribution in [0.4, 0.5) is 0 Å². The summed E-state index contributed by atoms with van der Waals surface area (Å²) in [5.74, 6) is 1.000. The summed E-state index contributed by atoms with van der Waals surface area (Å²) in [5.41, 5.74) is 1.18. The third-order valence-electron chi connectivity index (χ3n) is 4.36. The second-order valence-electron chi connectivity index (χ2n) is 5.92. The Morgan fingerprint density at radius 2 is 2.00 bits per heavy atom. The average molecular weight is 263 g/mol. The van der Waals surface area contributed by atoms with Gasteiger partial charge in [-0.05, 0) is 37.7 Å². The molecule has 0 bridgehead atoms. The van der Waals surface area contributed by atoms with Crippen LogP contribution >= 0.6 is 0 Å². The van der Waals surface area contributed by atoms with Gasteiger partial charge in [-0.1, -0.05) is 33.6 Å². The van der Waals surface area contributed by atoms with Crippen molar-refractivity contribution in [1.29, 1.82) is 0 Å². The van der Waals surface area contributed by atoms with Crippen LogP contribution in [-0.4, -0.2) is 15.8 Å². The van der Waals surface area contributed by atoms with E-state index in [1.54, 1.807) is 0 Å². The van der Waals surface area contributed by atoms with Gasteiger partial charge in [0.25, 0.3) is 0 Å². The Hall–Kier alpha value is -0.830. The van der Waals surface area contributed by atoms with Gasteiger partial charge in [-0.15, -0.1) is 0 Å². The molecule has 2 rings (SSSR count). The first-order valence-corrected chi connectivity index (χ1v) is 8.04. The van der Waals surface area contributed by atoms with E-state index in [9.17, 15) is 0 Å². The summed E-state index contributed by atoms with van der Waals surface area (Å²) in [5, 5.41) is 8.38. The fraction of sp³-hybridized carbons (Fsp3) is 0.812. The van der Waals surface area contributed by atoms with Gasteiger partial charge in [0, 0.05) is 18.8 Å². The van der Waals surface area contributed by atoms with E-state index in [1.165, 1.54) is 31.4 Å². The average Bonchev–Trinajstić information content (AvgIpc) is 3.13. The minimum atomic E-state index is 0.558. The van der Waals surface area contributed by atoms with Crippen LogP contribution in [0.5, 0.6) is 0 Å². The van der Waals surface area contributed by atoms with E-state index in [-0.39, 0.29) is 0 Å². The van der Waals surface area contributed by atoms with E-state index in [0.717, 1.165) is 25.3 Å². The number of hydrogen-bond acceptors (Lipinski definition) is 2. The molecule has 1 heterocycles. The van der Waals surface area contributed by atoms with Crippen molar-refractivity contribution in [3.63, 3.8) is 0 Å². The van der Waals surface area contributed by atoms with Crippen LogP contribution < -0.4 is 5.32 Å². The van der Waals surface area contributed by atoms with Crippen LogP contribution in [0.1, 0.15) is 71.0 Å². The van der Waals surface area contributed by atoms with Crippen LogP contribution in [0.2, 0.25) is 0 Å². The molecule has 3 nitrogen and oxygen atoms in total. The maximum Gasteiger partial charge on any atom is 0.0762 e. The minimum Gasteiger partial charge on any atom is -0.308 e. The van der Waals surface area contributed by atoms with Crippen molar-refractivity contribution in [1.82, 2.24) is 15.1 Å². The first kappa shape index (κ1) is 14.6. The van der Waals surface area contributed by atoms with E-state index >= 15 is 0 Å². The van der Waals surface area contributed by atoms with Gasteiger partial charge in [0.05, 0.1) is 11.7 Å². The molecule has 19 heavy (non-hydrogen) atoms. The van der Waals surface area contributed by atoms with Crippen molar-refractivity contribution in [2.24, 2.45) is 5.92 Å². The van der Waals surface area contributed by atoms with Gasteiger partial charge in [-0.25, -0.2) is 0 Å². The second kappa shape index (κ2) is 7.09. The lowest BCUT2D eigenvalue weighted by atomic mass is 10.1. The summed E-state index contributed by atoms with van der Waals surface area (Å²) in [7, 11) is 0. The van der Waals surface area contributed by atoms with Gasteiger partial charge >= 0.3 is 0 Å². The lowest BCUT2D eigenvalue weighted by Crippen LogP contribution is -2.28. The third kappa shape index (κ3) is 4.34. The molecular weight excluding hydrogens is 234 g/mol. The van der Waals surface area contributed by atoms with Gasteiger partial charge in [0.15, 0.2) is 0 Å². The highest BCUT2D eigenvalue weighted by Crippen LogP contribution is 2.34. The monoisotopic (exact) mass is 263 g/mol. The minimum absolute atomic E-state index is 0.558. The fourth-order valence-electron chi connectivity index (χ4n) is 2.74. The van der Waals surface area contributed by atoms with E-state index in [4.69, 9.17) is 5.10 Å². The molecule has 3 heteroatoms. The lowest BCUT2D eigenvalue weighted by Gasteiger charge is -2.16. The molecule has 0 amide bonds. The van der Waals surface area contributed by atoms with Crippen LogP contribution in [0, 0.1) is 5.92 Å². The number of aromatic nitrogens is 2. The summed E-state index contributed by atoms with van der Waals surface area (Å²) >= 11 is 0. The largest absolute Gasteiger partial charge is 0.308 e. The highest BCUT2D eigenvalue weighted by molar-refractivity contribution is 5.00. The molecule has 1 N–H and O–H groups in total.